The number of aromatic nitrogens is 2. The zero-order valence-electron chi connectivity index (χ0n) is 14.5. The molecule has 1 aliphatic carbocycles. The van der Waals surface area contributed by atoms with E-state index in [2.05, 4.69) is 44.7 Å². The zero-order chi connectivity index (χ0) is 17.1. The van der Waals surface area contributed by atoms with Crippen molar-refractivity contribution < 1.29 is 4.79 Å². The van der Waals surface area contributed by atoms with Crippen LogP contribution in [0.2, 0.25) is 0 Å². The van der Waals surface area contributed by atoms with Gasteiger partial charge in [-0.05, 0) is 49.8 Å². The number of nitrogens with one attached hydrogen (secondary N) is 2. The quantitative estimate of drug-likeness (QED) is 0.851. The Morgan fingerprint density at radius 1 is 1.24 bits per heavy atom. The zero-order valence-corrected chi connectivity index (χ0v) is 14.5. The molecule has 2 aromatic rings. The van der Waals surface area contributed by atoms with E-state index in [1.54, 1.807) is 6.20 Å². The molecular formula is C20H26N4O. The highest BCUT2D eigenvalue weighted by molar-refractivity contribution is 5.78. The number of rotatable bonds is 6. The molecule has 2 heterocycles. The van der Waals surface area contributed by atoms with Crippen LogP contribution < -0.4 is 5.32 Å². The molecule has 1 aromatic carbocycles. The molecule has 1 amide bonds. The molecule has 132 valence electrons. The number of piperidine rings is 1. The summed E-state index contributed by atoms with van der Waals surface area (Å²) >= 11 is 0. The molecule has 1 aromatic heterocycles. The third-order valence-corrected chi connectivity index (χ3v) is 5.40. The highest BCUT2D eigenvalue weighted by Crippen LogP contribution is 2.40. The van der Waals surface area contributed by atoms with E-state index in [0.717, 1.165) is 25.9 Å². The fraction of sp³-hybridized carbons (Fsp3) is 0.500. The average molecular weight is 338 g/mol. The van der Waals surface area contributed by atoms with Gasteiger partial charge < -0.3 is 5.32 Å². The molecule has 0 spiro atoms. The van der Waals surface area contributed by atoms with E-state index in [9.17, 15) is 4.79 Å². The predicted molar refractivity (Wildman–Crippen MR) is 97.1 cm³/mol. The van der Waals surface area contributed by atoms with Crippen LogP contribution in [0.15, 0.2) is 42.6 Å². The summed E-state index contributed by atoms with van der Waals surface area (Å²) in [5, 5.41) is 10.4. The van der Waals surface area contributed by atoms with Gasteiger partial charge in [-0.2, -0.15) is 5.10 Å². The van der Waals surface area contributed by atoms with Crippen LogP contribution in [0.25, 0.3) is 0 Å². The van der Waals surface area contributed by atoms with Gasteiger partial charge in [-0.3, -0.25) is 14.8 Å². The molecule has 1 aliphatic heterocycles. The van der Waals surface area contributed by atoms with Crippen molar-refractivity contribution in [3.8, 4) is 0 Å². The van der Waals surface area contributed by atoms with Gasteiger partial charge in [-0.1, -0.05) is 30.3 Å². The fourth-order valence-electron chi connectivity index (χ4n) is 3.93. The number of amides is 1. The van der Waals surface area contributed by atoms with E-state index >= 15 is 0 Å². The molecule has 0 unspecified atom stereocenters. The van der Waals surface area contributed by atoms with E-state index in [1.165, 1.54) is 24.1 Å². The topological polar surface area (TPSA) is 61.0 Å². The molecular weight excluding hydrogens is 312 g/mol. The first kappa shape index (κ1) is 16.3. The fourth-order valence-corrected chi connectivity index (χ4v) is 3.93. The van der Waals surface area contributed by atoms with E-state index in [1.807, 2.05) is 12.1 Å². The number of H-pyrrole nitrogens is 1. The molecule has 4 rings (SSSR count). The highest BCUT2D eigenvalue weighted by atomic mass is 16.2. The largest absolute Gasteiger partial charge is 0.348 e. The third kappa shape index (κ3) is 4.10. The van der Waals surface area contributed by atoms with Crippen molar-refractivity contribution in [3.63, 3.8) is 0 Å². The van der Waals surface area contributed by atoms with Crippen molar-refractivity contribution in [2.75, 3.05) is 19.6 Å². The van der Waals surface area contributed by atoms with Gasteiger partial charge in [0.1, 0.15) is 0 Å². The number of likely N-dealkylation sites (tertiary alicyclic amines) is 1. The molecule has 2 atom stereocenters. The van der Waals surface area contributed by atoms with Crippen molar-refractivity contribution in [2.24, 2.45) is 5.92 Å². The second kappa shape index (κ2) is 7.40. The first-order chi connectivity index (χ1) is 12.3. The van der Waals surface area contributed by atoms with Crippen LogP contribution in [-0.2, 0) is 4.79 Å². The molecule has 2 fully saturated rings. The lowest BCUT2D eigenvalue weighted by Gasteiger charge is -2.32. The van der Waals surface area contributed by atoms with Gasteiger partial charge in [0.05, 0.1) is 12.6 Å². The molecule has 1 saturated heterocycles. The monoisotopic (exact) mass is 338 g/mol. The number of benzene rings is 1. The van der Waals surface area contributed by atoms with Crippen LogP contribution in [0.5, 0.6) is 0 Å². The van der Waals surface area contributed by atoms with E-state index in [4.69, 9.17) is 0 Å². The summed E-state index contributed by atoms with van der Waals surface area (Å²) in [6, 6.07) is 12.6. The minimum Gasteiger partial charge on any atom is -0.348 e. The summed E-state index contributed by atoms with van der Waals surface area (Å²) < 4.78 is 0. The molecule has 1 saturated carbocycles. The Bertz CT molecular complexity index is 681. The standard InChI is InChI=1S/C20H26N4O/c25-19(22-20(16-8-9-16)15-5-2-1-3-6-15)14-24-12-4-7-17(13-24)18-10-11-21-23-18/h1-3,5-6,10-11,16-17,20H,4,7-9,12-14H2,(H,21,23)(H,22,25)/t17-,20-/m1/s1. The van der Waals surface area contributed by atoms with Gasteiger partial charge in [0.25, 0.3) is 0 Å². The van der Waals surface area contributed by atoms with Crippen LogP contribution in [0.1, 0.15) is 48.9 Å². The lowest BCUT2D eigenvalue weighted by atomic mass is 9.95. The second-order valence-corrected chi connectivity index (χ2v) is 7.38. The molecule has 2 aliphatic rings. The van der Waals surface area contributed by atoms with Gasteiger partial charge in [-0.25, -0.2) is 0 Å². The molecule has 2 N–H and O–H groups in total. The maximum atomic E-state index is 12.6. The van der Waals surface area contributed by atoms with E-state index in [0.29, 0.717) is 18.4 Å². The Morgan fingerprint density at radius 3 is 2.80 bits per heavy atom. The number of aromatic amines is 1. The summed E-state index contributed by atoms with van der Waals surface area (Å²) in [6.45, 7) is 2.41. The summed E-state index contributed by atoms with van der Waals surface area (Å²) in [5.41, 5.74) is 2.41. The van der Waals surface area contributed by atoms with Crippen molar-refractivity contribution >= 4 is 5.91 Å². The predicted octanol–water partition coefficient (Wildman–Crippen LogP) is 2.86. The first-order valence-corrected chi connectivity index (χ1v) is 9.35. The average Bonchev–Trinajstić information content (AvgIpc) is 3.33. The van der Waals surface area contributed by atoms with E-state index in [-0.39, 0.29) is 11.9 Å². The number of nitrogens with zero attached hydrogens (tertiary/aromatic N) is 2. The van der Waals surface area contributed by atoms with Crippen LogP contribution in [0.3, 0.4) is 0 Å². The van der Waals surface area contributed by atoms with E-state index < -0.39 is 0 Å². The maximum Gasteiger partial charge on any atom is 0.234 e. The SMILES string of the molecule is O=C(CN1CCC[C@@H](c2ccn[nH]2)C1)N[C@H](c1ccccc1)C1CC1. The van der Waals surface area contributed by atoms with Gasteiger partial charge in [0, 0.05) is 24.4 Å². The number of carbonyl (C=O) groups excluding carboxylic acids is 1. The van der Waals surface area contributed by atoms with Crippen molar-refractivity contribution in [2.45, 2.75) is 37.6 Å². The second-order valence-electron chi connectivity index (χ2n) is 7.38. The Labute approximate surface area is 148 Å². The van der Waals surface area contributed by atoms with Gasteiger partial charge >= 0.3 is 0 Å². The molecule has 0 bridgehead atoms. The van der Waals surface area contributed by atoms with Crippen molar-refractivity contribution in [1.29, 1.82) is 0 Å². The van der Waals surface area contributed by atoms with Gasteiger partial charge in [0.2, 0.25) is 5.91 Å². The normalized spacial score (nSPS) is 22.5. The lowest BCUT2D eigenvalue weighted by molar-refractivity contribution is -0.123. The van der Waals surface area contributed by atoms with Gasteiger partial charge in [0.15, 0.2) is 0 Å². The van der Waals surface area contributed by atoms with Crippen LogP contribution in [-0.4, -0.2) is 40.6 Å². The number of carbonyl (C=O) groups is 1. The summed E-state index contributed by atoms with van der Waals surface area (Å²) in [6.07, 6.45) is 6.52. The molecule has 25 heavy (non-hydrogen) atoms. The Hall–Kier alpha value is -2.14. The minimum absolute atomic E-state index is 0.144. The smallest absolute Gasteiger partial charge is 0.234 e. The third-order valence-electron chi connectivity index (χ3n) is 5.40. The highest BCUT2D eigenvalue weighted by Gasteiger charge is 2.33. The molecule has 5 heteroatoms. The van der Waals surface area contributed by atoms with Crippen molar-refractivity contribution in [3.05, 3.63) is 53.9 Å². The molecule has 0 radical (unpaired) electrons. The summed E-state index contributed by atoms with van der Waals surface area (Å²) in [7, 11) is 0. The van der Waals surface area contributed by atoms with Gasteiger partial charge in [-0.15, -0.1) is 0 Å². The van der Waals surface area contributed by atoms with Crippen LogP contribution in [0, 0.1) is 5.92 Å². The van der Waals surface area contributed by atoms with Crippen molar-refractivity contribution in [1.82, 2.24) is 20.4 Å². The van der Waals surface area contributed by atoms with Crippen LogP contribution >= 0.6 is 0 Å². The number of hydrogen-bond acceptors (Lipinski definition) is 3. The Morgan fingerprint density at radius 2 is 2.08 bits per heavy atom. The Kier molecular flexibility index (Phi) is 4.83. The minimum atomic E-state index is 0.144. The first-order valence-electron chi connectivity index (χ1n) is 9.35. The summed E-state index contributed by atoms with van der Waals surface area (Å²) in [5.74, 6) is 1.20. The summed E-state index contributed by atoms with van der Waals surface area (Å²) in [4.78, 5) is 14.9. The van der Waals surface area contributed by atoms with Crippen LogP contribution in [0.4, 0.5) is 0 Å². The number of hydrogen-bond donors (Lipinski definition) is 2. The lowest BCUT2D eigenvalue weighted by Crippen LogP contribution is -2.43. The Balaban J connectivity index is 1.35. The maximum absolute atomic E-state index is 12.6. The molecule has 5 nitrogen and oxygen atoms in total.